The van der Waals surface area contributed by atoms with Gasteiger partial charge in [0.2, 0.25) is 0 Å². The Labute approximate surface area is 134 Å². The van der Waals surface area contributed by atoms with Gasteiger partial charge >= 0.3 is 6.09 Å². The van der Waals surface area contributed by atoms with Crippen molar-refractivity contribution in [3.8, 4) is 6.07 Å². The summed E-state index contributed by atoms with van der Waals surface area (Å²) < 4.78 is 5.23. The Balaban J connectivity index is 1.54. The Morgan fingerprint density at radius 3 is 2.91 bits per heavy atom. The fourth-order valence-corrected chi connectivity index (χ4v) is 2.61. The maximum absolute atomic E-state index is 11.9. The molecule has 1 atom stereocenters. The van der Waals surface area contributed by atoms with Crippen LogP contribution in [0.5, 0.6) is 0 Å². The second-order valence-corrected chi connectivity index (χ2v) is 5.47. The molecule has 0 saturated carbocycles. The number of anilines is 1. The molecule has 1 amide bonds. The third kappa shape index (κ3) is 3.80. The SMILES string of the molecule is N#Cc1ccc2c(c1)CC(NC(=O)OCc1ccccc1)CN2. The molecule has 2 N–H and O–H groups in total. The van der Waals surface area contributed by atoms with Crippen LogP contribution >= 0.6 is 0 Å². The van der Waals surface area contributed by atoms with E-state index in [1.165, 1.54) is 0 Å². The number of amides is 1. The number of alkyl carbamates (subject to hydrolysis) is 1. The highest BCUT2D eigenvalue weighted by Gasteiger charge is 2.20. The first-order valence-corrected chi connectivity index (χ1v) is 7.49. The molecule has 1 heterocycles. The second kappa shape index (κ2) is 6.84. The summed E-state index contributed by atoms with van der Waals surface area (Å²) in [7, 11) is 0. The number of hydrogen-bond donors (Lipinski definition) is 2. The summed E-state index contributed by atoms with van der Waals surface area (Å²) in [5.41, 5.74) is 3.62. The molecule has 0 aromatic heterocycles. The zero-order valence-electron chi connectivity index (χ0n) is 12.6. The van der Waals surface area contributed by atoms with Crippen LogP contribution in [0.1, 0.15) is 16.7 Å². The smallest absolute Gasteiger partial charge is 0.407 e. The summed E-state index contributed by atoms with van der Waals surface area (Å²) in [6, 6.07) is 17.2. The van der Waals surface area contributed by atoms with Crippen molar-refractivity contribution in [2.45, 2.75) is 19.1 Å². The van der Waals surface area contributed by atoms with Crippen LogP contribution < -0.4 is 10.6 Å². The first-order valence-electron chi connectivity index (χ1n) is 7.49. The molecule has 0 fully saturated rings. The number of rotatable bonds is 3. The lowest BCUT2D eigenvalue weighted by Gasteiger charge is -2.26. The predicted octanol–water partition coefficient (Wildman–Crippen LogP) is 2.82. The van der Waals surface area contributed by atoms with Gasteiger partial charge < -0.3 is 15.4 Å². The van der Waals surface area contributed by atoms with Gasteiger partial charge in [-0.15, -0.1) is 0 Å². The normalized spacial score (nSPS) is 15.7. The minimum atomic E-state index is -0.430. The molecule has 0 radical (unpaired) electrons. The molecule has 23 heavy (non-hydrogen) atoms. The van der Waals surface area contributed by atoms with Crippen LogP contribution in [0.3, 0.4) is 0 Å². The number of carbonyl (C=O) groups excluding carboxylic acids is 1. The topological polar surface area (TPSA) is 74.2 Å². The van der Waals surface area contributed by atoms with Crippen LogP contribution in [0.15, 0.2) is 48.5 Å². The Hall–Kier alpha value is -3.00. The number of carbonyl (C=O) groups is 1. The standard InChI is InChI=1S/C18H17N3O2/c19-10-14-6-7-17-15(8-14)9-16(11-20-17)21-18(22)23-12-13-4-2-1-3-5-13/h1-8,16,20H,9,11-12H2,(H,21,22). The van der Waals surface area contributed by atoms with E-state index < -0.39 is 6.09 Å². The van der Waals surface area contributed by atoms with Crippen molar-refractivity contribution in [3.05, 3.63) is 65.2 Å². The number of nitrogens with zero attached hydrogens (tertiary/aromatic N) is 1. The third-order valence-electron chi connectivity index (χ3n) is 3.77. The number of nitrogens with one attached hydrogen (secondary N) is 2. The molecule has 1 aliphatic heterocycles. The van der Waals surface area contributed by atoms with E-state index in [1.54, 1.807) is 6.07 Å². The largest absolute Gasteiger partial charge is 0.445 e. The second-order valence-electron chi connectivity index (χ2n) is 5.47. The Morgan fingerprint density at radius 1 is 1.30 bits per heavy atom. The lowest BCUT2D eigenvalue weighted by Crippen LogP contribution is -2.43. The molecule has 0 bridgehead atoms. The van der Waals surface area contributed by atoms with Crippen LogP contribution in [-0.2, 0) is 17.8 Å². The van der Waals surface area contributed by atoms with Gasteiger partial charge in [0.05, 0.1) is 17.7 Å². The number of benzene rings is 2. The van der Waals surface area contributed by atoms with E-state index in [0.717, 1.165) is 16.8 Å². The molecule has 0 aliphatic carbocycles. The summed E-state index contributed by atoms with van der Waals surface area (Å²) in [6.45, 7) is 0.890. The number of hydrogen-bond acceptors (Lipinski definition) is 4. The molecule has 2 aromatic rings. The fourth-order valence-electron chi connectivity index (χ4n) is 2.61. The summed E-state index contributed by atoms with van der Waals surface area (Å²) in [6.07, 6.45) is 0.249. The number of nitriles is 1. The van der Waals surface area contributed by atoms with Crippen molar-refractivity contribution < 1.29 is 9.53 Å². The Morgan fingerprint density at radius 2 is 2.13 bits per heavy atom. The maximum atomic E-state index is 11.9. The quantitative estimate of drug-likeness (QED) is 0.914. The van der Waals surface area contributed by atoms with E-state index in [4.69, 9.17) is 10.00 Å². The summed E-state index contributed by atoms with van der Waals surface area (Å²) in [5.74, 6) is 0. The summed E-state index contributed by atoms with van der Waals surface area (Å²) in [4.78, 5) is 11.9. The Bertz CT molecular complexity index is 738. The predicted molar refractivity (Wildman–Crippen MR) is 86.9 cm³/mol. The minimum Gasteiger partial charge on any atom is -0.445 e. The zero-order chi connectivity index (χ0) is 16.1. The van der Waals surface area contributed by atoms with Crippen molar-refractivity contribution in [1.29, 1.82) is 5.26 Å². The van der Waals surface area contributed by atoms with Gasteiger partial charge in [-0.2, -0.15) is 5.26 Å². The molecule has 5 heteroatoms. The van der Waals surface area contributed by atoms with Crippen LogP contribution in [0, 0.1) is 11.3 Å². The van der Waals surface area contributed by atoms with Gasteiger partial charge in [-0.3, -0.25) is 0 Å². The average molecular weight is 307 g/mol. The highest BCUT2D eigenvalue weighted by atomic mass is 16.5. The summed E-state index contributed by atoms with van der Waals surface area (Å²) in [5, 5.41) is 15.1. The average Bonchev–Trinajstić information content (AvgIpc) is 2.60. The van der Waals surface area contributed by atoms with E-state index in [0.29, 0.717) is 18.5 Å². The molecule has 1 aliphatic rings. The van der Waals surface area contributed by atoms with Gasteiger partial charge in [-0.1, -0.05) is 30.3 Å². The molecule has 116 valence electrons. The van der Waals surface area contributed by atoms with Crippen molar-refractivity contribution in [2.24, 2.45) is 0 Å². The van der Waals surface area contributed by atoms with Crippen LogP contribution in [0.25, 0.3) is 0 Å². The van der Waals surface area contributed by atoms with E-state index in [2.05, 4.69) is 16.7 Å². The monoisotopic (exact) mass is 307 g/mol. The van der Waals surface area contributed by atoms with Crippen LogP contribution in [0.4, 0.5) is 10.5 Å². The van der Waals surface area contributed by atoms with Gasteiger partial charge in [0.1, 0.15) is 6.61 Å². The molecule has 5 nitrogen and oxygen atoms in total. The van der Waals surface area contributed by atoms with Gasteiger partial charge in [0.15, 0.2) is 0 Å². The van der Waals surface area contributed by atoms with Gasteiger partial charge in [-0.05, 0) is 35.7 Å². The van der Waals surface area contributed by atoms with E-state index in [1.807, 2.05) is 42.5 Å². The first kappa shape index (κ1) is 14.9. The number of fused-ring (bicyclic) bond motifs is 1. The van der Waals surface area contributed by atoms with Gasteiger partial charge in [0.25, 0.3) is 0 Å². The highest BCUT2D eigenvalue weighted by Crippen LogP contribution is 2.23. The van der Waals surface area contributed by atoms with Gasteiger partial charge in [0, 0.05) is 12.2 Å². The third-order valence-corrected chi connectivity index (χ3v) is 3.77. The lowest BCUT2D eigenvalue weighted by molar-refractivity contribution is 0.136. The van der Waals surface area contributed by atoms with Crippen LogP contribution in [0.2, 0.25) is 0 Å². The fraction of sp³-hybridized carbons (Fsp3) is 0.222. The molecule has 2 aromatic carbocycles. The zero-order valence-corrected chi connectivity index (χ0v) is 12.6. The highest BCUT2D eigenvalue weighted by molar-refractivity contribution is 5.68. The molecular formula is C18H17N3O2. The van der Waals surface area contributed by atoms with Crippen molar-refractivity contribution >= 4 is 11.8 Å². The summed E-state index contributed by atoms with van der Waals surface area (Å²) >= 11 is 0. The molecule has 3 rings (SSSR count). The van der Waals surface area contributed by atoms with Crippen molar-refractivity contribution in [1.82, 2.24) is 5.32 Å². The molecular weight excluding hydrogens is 290 g/mol. The molecule has 0 spiro atoms. The first-order chi connectivity index (χ1) is 11.2. The maximum Gasteiger partial charge on any atom is 0.407 e. The minimum absolute atomic E-state index is 0.0558. The Kier molecular flexibility index (Phi) is 4.44. The van der Waals surface area contributed by atoms with Crippen molar-refractivity contribution in [3.63, 3.8) is 0 Å². The van der Waals surface area contributed by atoms with Crippen molar-refractivity contribution in [2.75, 3.05) is 11.9 Å². The van der Waals surface area contributed by atoms with E-state index >= 15 is 0 Å². The van der Waals surface area contributed by atoms with E-state index in [-0.39, 0.29) is 12.6 Å². The lowest BCUT2D eigenvalue weighted by atomic mass is 9.98. The van der Waals surface area contributed by atoms with E-state index in [9.17, 15) is 4.79 Å². The van der Waals surface area contributed by atoms with Gasteiger partial charge in [-0.25, -0.2) is 4.79 Å². The molecule has 0 saturated heterocycles. The number of ether oxygens (including phenoxy) is 1. The molecule has 1 unspecified atom stereocenters. The van der Waals surface area contributed by atoms with Crippen LogP contribution in [-0.4, -0.2) is 18.7 Å².